The molecule has 1 aliphatic rings. The van der Waals surface area contributed by atoms with Crippen molar-refractivity contribution < 1.29 is 18.0 Å². The van der Waals surface area contributed by atoms with E-state index in [2.05, 4.69) is 17.1 Å². The Labute approximate surface area is 163 Å². The number of hydrogen-bond acceptors (Lipinski definition) is 2. The summed E-state index contributed by atoms with van der Waals surface area (Å²) in [6, 6.07) is 12.8. The zero-order chi connectivity index (χ0) is 20.1. The lowest BCUT2D eigenvalue weighted by Gasteiger charge is -2.32. The molecule has 0 spiro atoms. The first-order chi connectivity index (χ1) is 13.3. The molecule has 150 valence electrons. The van der Waals surface area contributed by atoms with Crippen molar-refractivity contribution in [2.24, 2.45) is 0 Å². The van der Waals surface area contributed by atoms with Crippen LogP contribution in [0.15, 0.2) is 48.5 Å². The summed E-state index contributed by atoms with van der Waals surface area (Å²) < 4.78 is 38.5. The van der Waals surface area contributed by atoms with Crippen molar-refractivity contribution in [3.05, 3.63) is 65.2 Å². The SMILES string of the molecule is CC(c1cccc(NC(=O)Cc2cccc(C(F)(F)F)c2)c1)N1CCCCC1. The number of amides is 1. The Morgan fingerprint density at radius 1 is 1.07 bits per heavy atom. The van der Waals surface area contributed by atoms with Gasteiger partial charge in [-0.25, -0.2) is 0 Å². The minimum absolute atomic E-state index is 0.101. The Balaban J connectivity index is 1.64. The zero-order valence-corrected chi connectivity index (χ0v) is 15.9. The standard InChI is InChI=1S/C22H25F3N2O/c1-16(27-11-3-2-4-12-27)18-8-6-10-20(15-18)26-21(28)14-17-7-5-9-19(13-17)22(23,24)25/h5-10,13,15-16H,2-4,11-12,14H2,1H3,(H,26,28). The molecule has 1 atom stereocenters. The van der Waals surface area contributed by atoms with Gasteiger partial charge in [-0.05, 0) is 62.2 Å². The number of nitrogens with zero attached hydrogens (tertiary/aromatic N) is 1. The van der Waals surface area contributed by atoms with Gasteiger partial charge < -0.3 is 5.32 Å². The zero-order valence-electron chi connectivity index (χ0n) is 15.9. The van der Waals surface area contributed by atoms with Crippen molar-refractivity contribution in [1.29, 1.82) is 0 Å². The van der Waals surface area contributed by atoms with E-state index in [1.165, 1.54) is 31.4 Å². The van der Waals surface area contributed by atoms with E-state index in [1.54, 1.807) is 6.07 Å². The topological polar surface area (TPSA) is 32.3 Å². The first kappa shape index (κ1) is 20.4. The Morgan fingerprint density at radius 3 is 2.50 bits per heavy atom. The van der Waals surface area contributed by atoms with Crippen LogP contribution in [0, 0.1) is 0 Å². The second kappa shape index (κ2) is 8.78. The minimum atomic E-state index is -4.41. The number of halogens is 3. The molecule has 0 radical (unpaired) electrons. The number of carbonyl (C=O) groups excluding carboxylic acids is 1. The summed E-state index contributed by atoms with van der Waals surface area (Å²) in [6.07, 6.45) is -0.828. The number of hydrogen-bond donors (Lipinski definition) is 1. The second-order valence-corrected chi connectivity index (χ2v) is 7.32. The number of likely N-dealkylation sites (tertiary alicyclic amines) is 1. The maximum absolute atomic E-state index is 12.8. The highest BCUT2D eigenvalue weighted by Crippen LogP contribution is 2.30. The molecule has 6 heteroatoms. The molecule has 28 heavy (non-hydrogen) atoms. The maximum Gasteiger partial charge on any atom is 0.416 e. The van der Waals surface area contributed by atoms with Gasteiger partial charge in [-0.2, -0.15) is 13.2 Å². The molecule has 0 saturated carbocycles. The number of carbonyl (C=O) groups is 1. The normalized spacial score (nSPS) is 16.6. The summed E-state index contributed by atoms with van der Waals surface area (Å²) >= 11 is 0. The van der Waals surface area contributed by atoms with Crippen molar-refractivity contribution in [2.75, 3.05) is 18.4 Å². The van der Waals surface area contributed by atoms with E-state index in [-0.39, 0.29) is 18.4 Å². The van der Waals surface area contributed by atoms with Crippen LogP contribution in [0.2, 0.25) is 0 Å². The molecular formula is C22H25F3N2O. The van der Waals surface area contributed by atoms with Crippen LogP contribution in [0.25, 0.3) is 0 Å². The molecule has 2 aromatic rings. The number of piperidine rings is 1. The number of alkyl halides is 3. The van der Waals surface area contributed by atoms with Crippen LogP contribution in [0.4, 0.5) is 18.9 Å². The van der Waals surface area contributed by atoms with Gasteiger partial charge in [0.25, 0.3) is 0 Å². The molecule has 1 amide bonds. The van der Waals surface area contributed by atoms with Crippen molar-refractivity contribution in [2.45, 2.75) is 44.8 Å². The van der Waals surface area contributed by atoms with Gasteiger partial charge in [0.2, 0.25) is 5.91 Å². The quantitative estimate of drug-likeness (QED) is 0.738. The smallest absolute Gasteiger partial charge is 0.326 e. The predicted octanol–water partition coefficient (Wildman–Crippen LogP) is 5.43. The van der Waals surface area contributed by atoms with Crippen LogP contribution < -0.4 is 5.32 Å². The molecule has 1 N–H and O–H groups in total. The maximum atomic E-state index is 12.8. The van der Waals surface area contributed by atoms with Crippen molar-refractivity contribution >= 4 is 11.6 Å². The second-order valence-electron chi connectivity index (χ2n) is 7.32. The molecular weight excluding hydrogens is 365 g/mol. The third-order valence-electron chi connectivity index (χ3n) is 5.21. The lowest BCUT2D eigenvalue weighted by atomic mass is 10.0. The van der Waals surface area contributed by atoms with Crippen LogP contribution in [-0.4, -0.2) is 23.9 Å². The van der Waals surface area contributed by atoms with E-state index in [0.717, 1.165) is 30.8 Å². The van der Waals surface area contributed by atoms with Crippen molar-refractivity contribution in [1.82, 2.24) is 4.90 Å². The largest absolute Gasteiger partial charge is 0.416 e. The van der Waals surface area contributed by atoms with Crippen molar-refractivity contribution in [3.63, 3.8) is 0 Å². The van der Waals surface area contributed by atoms with Gasteiger partial charge >= 0.3 is 6.18 Å². The van der Waals surface area contributed by atoms with Crippen molar-refractivity contribution in [3.8, 4) is 0 Å². The Hall–Kier alpha value is -2.34. The summed E-state index contributed by atoms with van der Waals surface area (Å²) in [5.74, 6) is -0.331. The molecule has 2 aromatic carbocycles. The lowest BCUT2D eigenvalue weighted by molar-refractivity contribution is -0.137. The van der Waals surface area contributed by atoms with E-state index in [4.69, 9.17) is 0 Å². The van der Waals surface area contributed by atoms with E-state index in [0.29, 0.717) is 11.3 Å². The van der Waals surface area contributed by atoms with Crippen LogP contribution in [0.5, 0.6) is 0 Å². The summed E-state index contributed by atoms with van der Waals surface area (Å²) in [5, 5.41) is 2.81. The summed E-state index contributed by atoms with van der Waals surface area (Å²) in [7, 11) is 0. The molecule has 3 nitrogen and oxygen atoms in total. The van der Waals surface area contributed by atoms with Gasteiger partial charge in [0.15, 0.2) is 0 Å². The average molecular weight is 390 g/mol. The van der Waals surface area contributed by atoms with E-state index in [9.17, 15) is 18.0 Å². The molecule has 3 rings (SSSR count). The number of rotatable bonds is 5. The molecule has 0 bridgehead atoms. The van der Waals surface area contributed by atoms with Crippen LogP contribution in [0.3, 0.4) is 0 Å². The Morgan fingerprint density at radius 2 is 1.79 bits per heavy atom. The van der Waals surface area contributed by atoms with Gasteiger partial charge in [-0.1, -0.05) is 36.8 Å². The monoisotopic (exact) mass is 390 g/mol. The fourth-order valence-electron chi connectivity index (χ4n) is 3.64. The Kier molecular flexibility index (Phi) is 6.39. The highest BCUT2D eigenvalue weighted by molar-refractivity contribution is 5.92. The third-order valence-corrected chi connectivity index (χ3v) is 5.21. The summed E-state index contributed by atoms with van der Waals surface area (Å²) in [5.41, 5.74) is 1.39. The van der Waals surface area contributed by atoms with E-state index >= 15 is 0 Å². The highest BCUT2D eigenvalue weighted by atomic mass is 19.4. The van der Waals surface area contributed by atoms with Gasteiger partial charge in [-0.15, -0.1) is 0 Å². The fourth-order valence-corrected chi connectivity index (χ4v) is 3.64. The van der Waals surface area contributed by atoms with E-state index in [1.807, 2.05) is 18.2 Å². The highest BCUT2D eigenvalue weighted by Gasteiger charge is 2.30. The molecule has 1 unspecified atom stereocenters. The number of nitrogens with one attached hydrogen (secondary N) is 1. The Bertz CT molecular complexity index is 813. The van der Waals surface area contributed by atoms with E-state index < -0.39 is 11.7 Å². The molecule has 1 fully saturated rings. The first-order valence-corrected chi connectivity index (χ1v) is 9.63. The first-order valence-electron chi connectivity index (χ1n) is 9.63. The van der Waals surface area contributed by atoms with Gasteiger partial charge in [0.1, 0.15) is 0 Å². The van der Waals surface area contributed by atoms with Gasteiger partial charge in [-0.3, -0.25) is 9.69 Å². The molecule has 0 aliphatic carbocycles. The molecule has 1 saturated heterocycles. The van der Waals surface area contributed by atoms with Gasteiger partial charge in [0.05, 0.1) is 12.0 Å². The molecule has 1 aliphatic heterocycles. The third kappa shape index (κ3) is 5.35. The van der Waals surface area contributed by atoms with Crippen LogP contribution >= 0.6 is 0 Å². The van der Waals surface area contributed by atoms with Crippen LogP contribution in [0.1, 0.15) is 48.9 Å². The minimum Gasteiger partial charge on any atom is -0.326 e. The molecule has 1 heterocycles. The number of benzene rings is 2. The summed E-state index contributed by atoms with van der Waals surface area (Å²) in [4.78, 5) is 14.8. The number of anilines is 1. The summed E-state index contributed by atoms with van der Waals surface area (Å²) in [6.45, 7) is 4.31. The lowest BCUT2D eigenvalue weighted by Crippen LogP contribution is -2.32. The fraction of sp³-hybridized carbons (Fsp3) is 0.409. The van der Waals surface area contributed by atoms with Gasteiger partial charge in [0, 0.05) is 11.7 Å². The average Bonchev–Trinajstić information content (AvgIpc) is 2.68. The van der Waals surface area contributed by atoms with Crippen LogP contribution in [-0.2, 0) is 17.4 Å². The molecule has 0 aromatic heterocycles. The predicted molar refractivity (Wildman–Crippen MR) is 104 cm³/mol.